The SMILES string of the molecule is O=C(NCCNc1ccc([N+](=O)[O-])cn1)OCc1ccc(/C=C/c2ccccc2)cc1. The Morgan fingerprint density at radius 3 is 2.32 bits per heavy atom. The molecular weight excluding hydrogens is 396 g/mol. The number of carbonyl (C=O) groups is 1. The van der Waals surface area contributed by atoms with Crippen LogP contribution in [0.15, 0.2) is 72.9 Å². The lowest BCUT2D eigenvalue weighted by Crippen LogP contribution is -2.29. The molecule has 1 aromatic heterocycles. The number of carbonyl (C=O) groups excluding carboxylic acids is 1. The highest BCUT2D eigenvalue weighted by atomic mass is 16.6. The van der Waals surface area contributed by atoms with E-state index >= 15 is 0 Å². The number of rotatable bonds is 9. The molecule has 0 saturated carbocycles. The molecule has 0 aliphatic rings. The van der Waals surface area contributed by atoms with Gasteiger partial charge < -0.3 is 15.4 Å². The number of benzene rings is 2. The largest absolute Gasteiger partial charge is 0.445 e. The number of nitrogens with zero attached hydrogens (tertiary/aromatic N) is 2. The van der Waals surface area contributed by atoms with E-state index in [0.717, 1.165) is 16.7 Å². The molecule has 3 aromatic rings. The Hall–Kier alpha value is -4.20. The third-order valence-corrected chi connectivity index (χ3v) is 4.28. The Kier molecular flexibility index (Phi) is 7.70. The molecule has 158 valence electrons. The molecule has 0 aliphatic carbocycles. The van der Waals surface area contributed by atoms with Gasteiger partial charge in [-0.1, -0.05) is 66.7 Å². The molecule has 0 atom stereocenters. The van der Waals surface area contributed by atoms with Crippen LogP contribution in [0.1, 0.15) is 16.7 Å². The van der Waals surface area contributed by atoms with Gasteiger partial charge in [-0.25, -0.2) is 9.78 Å². The van der Waals surface area contributed by atoms with Crippen LogP contribution in [0, 0.1) is 10.1 Å². The van der Waals surface area contributed by atoms with E-state index in [1.54, 1.807) is 0 Å². The molecule has 2 aromatic carbocycles. The van der Waals surface area contributed by atoms with Gasteiger partial charge in [0.1, 0.15) is 18.6 Å². The fourth-order valence-electron chi connectivity index (χ4n) is 2.64. The quantitative estimate of drug-likeness (QED) is 0.229. The Labute approximate surface area is 179 Å². The third-order valence-electron chi connectivity index (χ3n) is 4.28. The summed E-state index contributed by atoms with van der Waals surface area (Å²) in [5, 5.41) is 16.2. The summed E-state index contributed by atoms with van der Waals surface area (Å²) in [7, 11) is 0. The average molecular weight is 418 g/mol. The van der Waals surface area contributed by atoms with Gasteiger partial charge in [0.2, 0.25) is 0 Å². The van der Waals surface area contributed by atoms with Gasteiger partial charge in [0, 0.05) is 19.2 Å². The second-order valence-electron chi connectivity index (χ2n) is 6.57. The molecule has 0 aliphatic heterocycles. The number of pyridine rings is 1. The number of anilines is 1. The zero-order valence-electron chi connectivity index (χ0n) is 16.7. The summed E-state index contributed by atoms with van der Waals surface area (Å²) < 4.78 is 5.21. The zero-order chi connectivity index (χ0) is 21.9. The fraction of sp³-hybridized carbons (Fsp3) is 0.130. The number of alkyl carbamates (subject to hydrolysis) is 1. The second kappa shape index (κ2) is 11.1. The molecule has 0 saturated heterocycles. The fourth-order valence-corrected chi connectivity index (χ4v) is 2.64. The van der Waals surface area contributed by atoms with Gasteiger partial charge in [-0.3, -0.25) is 10.1 Å². The monoisotopic (exact) mass is 418 g/mol. The topological polar surface area (TPSA) is 106 Å². The van der Waals surface area contributed by atoms with Crippen LogP contribution in [0.4, 0.5) is 16.3 Å². The average Bonchev–Trinajstić information content (AvgIpc) is 2.81. The van der Waals surface area contributed by atoms with Gasteiger partial charge in [0.25, 0.3) is 5.69 Å². The minimum Gasteiger partial charge on any atom is -0.445 e. The molecule has 31 heavy (non-hydrogen) atoms. The minimum absolute atomic E-state index is 0.0764. The van der Waals surface area contributed by atoms with Crippen LogP contribution >= 0.6 is 0 Å². The predicted molar refractivity (Wildman–Crippen MR) is 119 cm³/mol. The summed E-state index contributed by atoms with van der Waals surface area (Å²) in [6.45, 7) is 0.898. The van der Waals surface area contributed by atoms with Crippen molar-refractivity contribution in [1.82, 2.24) is 10.3 Å². The molecule has 2 N–H and O–H groups in total. The number of hydrogen-bond acceptors (Lipinski definition) is 6. The van der Waals surface area contributed by atoms with Crippen LogP contribution < -0.4 is 10.6 Å². The zero-order valence-corrected chi connectivity index (χ0v) is 16.7. The molecule has 0 bridgehead atoms. The van der Waals surface area contributed by atoms with E-state index in [1.807, 2.05) is 66.7 Å². The van der Waals surface area contributed by atoms with Crippen LogP contribution in [0.5, 0.6) is 0 Å². The van der Waals surface area contributed by atoms with E-state index in [9.17, 15) is 14.9 Å². The molecule has 1 heterocycles. The summed E-state index contributed by atoms with van der Waals surface area (Å²) in [5.41, 5.74) is 3.00. The lowest BCUT2D eigenvalue weighted by molar-refractivity contribution is -0.385. The molecule has 0 radical (unpaired) electrons. The van der Waals surface area contributed by atoms with Crippen molar-refractivity contribution in [2.24, 2.45) is 0 Å². The Bertz CT molecular complexity index is 1020. The van der Waals surface area contributed by atoms with Crippen molar-refractivity contribution in [2.45, 2.75) is 6.61 Å². The van der Waals surface area contributed by atoms with E-state index in [1.165, 1.54) is 18.3 Å². The van der Waals surface area contributed by atoms with E-state index in [4.69, 9.17) is 4.74 Å². The maximum atomic E-state index is 11.8. The first-order chi connectivity index (χ1) is 15.1. The van der Waals surface area contributed by atoms with Gasteiger partial charge in [0.15, 0.2) is 0 Å². The smallest absolute Gasteiger partial charge is 0.407 e. The number of ether oxygens (including phenoxy) is 1. The van der Waals surface area contributed by atoms with Crippen molar-refractivity contribution in [3.05, 3.63) is 99.7 Å². The van der Waals surface area contributed by atoms with Gasteiger partial charge in [-0.2, -0.15) is 0 Å². The number of aromatic nitrogens is 1. The normalized spacial score (nSPS) is 10.6. The van der Waals surface area contributed by atoms with Gasteiger partial charge in [0.05, 0.1) is 4.92 Å². The summed E-state index contributed by atoms with van der Waals surface area (Å²) in [6.07, 6.45) is 4.72. The van der Waals surface area contributed by atoms with Crippen LogP contribution in [0.3, 0.4) is 0 Å². The minimum atomic E-state index is -0.522. The molecular formula is C23H22N4O4. The van der Waals surface area contributed by atoms with E-state index < -0.39 is 11.0 Å². The molecule has 8 nitrogen and oxygen atoms in total. The standard InChI is InChI=1S/C23H22N4O4/c28-23(25-15-14-24-22-13-12-21(16-26-22)27(29)30)31-17-20-10-8-19(9-11-20)7-6-18-4-2-1-3-5-18/h1-13,16H,14-15,17H2,(H,24,26)(H,25,28)/b7-6+. The van der Waals surface area contributed by atoms with Crippen LogP contribution in [0.25, 0.3) is 12.2 Å². The maximum Gasteiger partial charge on any atom is 0.407 e. The van der Waals surface area contributed by atoms with Crippen molar-refractivity contribution in [2.75, 3.05) is 18.4 Å². The highest BCUT2D eigenvalue weighted by molar-refractivity contribution is 5.69. The second-order valence-corrected chi connectivity index (χ2v) is 6.57. The lowest BCUT2D eigenvalue weighted by atomic mass is 10.1. The molecule has 0 unspecified atom stereocenters. The molecule has 0 fully saturated rings. The van der Waals surface area contributed by atoms with Crippen molar-refractivity contribution < 1.29 is 14.5 Å². The van der Waals surface area contributed by atoms with Crippen LogP contribution in [0.2, 0.25) is 0 Å². The van der Waals surface area contributed by atoms with Crippen molar-refractivity contribution >= 4 is 29.8 Å². The first kappa shape index (κ1) is 21.5. The summed E-state index contributed by atoms with van der Waals surface area (Å²) in [6, 6.07) is 20.7. The van der Waals surface area contributed by atoms with Gasteiger partial charge in [-0.15, -0.1) is 0 Å². The van der Waals surface area contributed by atoms with E-state index in [0.29, 0.717) is 18.9 Å². The number of hydrogen-bond donors (Lipinski definition) is 2. The van der Waals surface area contributed by atoms with E-state index in [2.05, 4.69) is 15.6 Å². The first-order valence-corrected chi connectivity index (χ1v) is 9.67. The number of amides is 1. The Balaban J connectivity index is 1.34. The summed E-state index contributed by atoms with van der Waals surface area (Å²) in [5.74, 6) is 0.488. The molecule has 8 heteroatoms. The van der Waals surface area contributed by atoms with Gasteiger partial charge >= 0.3 is 6.09 Å². The summed E-state index contributed by atoms with van der Waals surface area (Å²) in [4.78, 5) is 25.8. The van der Waals surface area contributed by atoms with Gasteiger partial charge in [-0.05, 0) is 22.8 Å². The Morgan fingerprint density at radius 2 is 1.68 bits per heavy atom. The summed E-state index contributed by atoms with van der Waals surface area (Å²) >= 11 is 0. The highest BCUT2D eigenvalue weighted by Gasteiger charge is 2.05. The Morgan fingerprint density at radius 1 is 0.968 bits per heavy atom. The number of nitro groups is 1. The number of nitrogens with one attached hydrogen (secondary N) is 2. The molecule has 0 spiro atoms. The molecule has 1 amide bonds. The van der Waals surface area contributed by atoms with Crippen LogP contribution in [-0.4, -0.2) is 29.1 Å². The maximum absolute atomic E-state index is 11.8. The molecule has 3 rings (SSSR count). The predicted octanol–water partition coefficient (Wildman–Crippen LogP) is 4.50. The van der Waals surface area contributed by atoms with Crippen molar-refractivity contribution in [1.29, 1.82) is 0 Å². The van der Waals surface area contributed by atoms with Crippen molar-refractivity contribution in [3.8, 4) is 0 Å². The highest BCUT2D eigenvalue weighted by Crippen LogP contribution is 2.12. The lowest BCUT2D eigenvalue weighted by Gasteiger charge is -2.08. The third kappa shape index (κ3) is 7.28. The van der Waals surface area contributed by atoms with Crippen LogP contribution in [-0.2, 0) is 11.3 Å². The first-order valence-electron chi connectivity index (χ1n) is 9.67. The van der Waals surface area contributed by atoms with E-state index in [-0.39, 0.29) is 12.3 Å². The van der Waals surface area contributed by atoms with Crippen molar-refractivity contribution in [3.63, 3.8) is 0 Å².